The Kier molecular flexibility index (Phi) is 3.95. The van der Waals surface area contributed by atoms with Crippen molar-refractivity contribution in [2.75, 3.05) is 6.61 Å². The highest BCUT2D eigenvalue weighted by Crippen LogP contribution is 2.22. The molecule has 1 heterocycles. The average molecular weight is 243 g/mol. The average Bonchev–Trinajstić information content (AvgIpc) is 2.37. The van der Waals surface area contributed by atoms with Crippen molar-refractivity contribution in [1.29, 1.82) is 0 Å². The molecule has 0 saturated carbocycles. The maximum Gasteiger partial charge on any atom is 0.214 e. The Balaban J connectivity index is 2.26. The van der Waals surface area contributed by atoms with Crippen LogP contribution >= 0.6 is 0 Å². The van der Waals surface area contributed by atoms with Crippen molar-refractivity contribution in [3.63, 3.8) is 0 Å². The zero-order valence-electron chi connectivity index (χ0n) is 10.5. The van der Waals surface area contributed by atoms with E-state index < -0.39 is 0 Å². The Bertz CT molecular complexity index is 563. The van der Waals surface area contributed by atoms with E-state index in [0.29, 0.717) is 12.5 Å². The van der Waals surface area contributed by atoms with Gasteiger partial charge in [0.2, 0.25) is 5.88 Å². The highest BCUT2D eigenvalue weighted by atomic mass is 16.5. The number of pyridine rings is 1. The molecule has 0 saturated heterocycles. The zero-order chi connectivity index (χ0) is 13.0. The van der Waals surface area contributed by atoms with E-state index in [4.69, 9.17) is 4.74 Å². The summed E-state index contributed by atoms with van der Waals surface area (Å²) in [4.78, 5) is 4.42. The number of ether oxygens (including phenoxy) is 1. The van der Waals surface area contributed by atoms with Crippen LogP contribution in [0, 0.1) is 0 Å². The maximum absolute atomic E-state index is 9.38. The second-order valence-corrected chi connectivity index (χ2v) is 4.35. The van der Waals surface area contributed by atoms with Crippen molar-refractivity contribution < 1.29 is 9.84 Å². The lowest BCUT2D eigenvalue weighted by molar-refractivity contribution is 0.279. The Hall–Kier alpha value is -1.87. The number of aliphatic hydroxyl groups excluding tert-OH is 1. The molecule has 0 fully saturated rings. The molecule has 0 unspecified atom stereocenters. The Morgan fingerprint density at radius 1 is 1.39 bits per heavy atom. The number of nitrogens with zero attached hydrogens (tertiary/aromatic N) is 1. The highest BCUT2D eigenvalue weighted by molar-refractivity contribution is 5.82. The number of benzene rings is 1. The SMILES string of the molecule is C=C(C)CCOc1cc(CO)c2ccccc2n1. The first-order valence-electron chi connectivity index (χ1n) is 5.97. The first kappa shape index (κ1) is 12.6. The number of fused-ring (bicyclic) bond motifs is 1. The summed E-state index contributed by atoms with van der Waals surface area (Å²) in [6.07, 6.45) is 0.808. The van der Waals surface area contributed by atoms with Crippen LogP contribution in [0.5, 0.6) is 5.88 Å². The molecular formula is C15H17NO2. The van der Waals surface area contributed by atoms with E-state index in [1.165, 1.54) is 0 Å². The van der Waals surface area contributed by atoms with Crippen LogP contribution in [0.15, 0.2) is 42.5 Å². The summed E-state index contributed by atoms with van der Waals surface area (Å²) in [5.41, 5.74) is 2.76. The lowest BCUT2D eigenvalue weighted by Gasteiger charge is -2.09. The van der Waals surface area contributed by atoms with Crippen LogP contribution in [-0.2, 0) is 6.61 Å². The van der Waals surface area contributed by atoms with Gasteiger partial charge < -0.3 is 9.84 Å². The third-order valence-electron chi connectivity index (χ3n) is 2.73. The lowest BCUT2D eigenvalue weighted by atomic mass is 10.1. The minimum Gasteiger partial charge on any atom is -0.477 e. The van der Waals surface area contributed by atoms with Crippen molar-refractivity contribution in [3.05, 3.63) is 48.0 Å². The van der Waals surface area contributed by atoms with Gasteiger partial charge in [-0.05, 0) is 18.6 Å². The number of hydrogen-bond acceptors (Lipinski definition) is 3. The van der Waals surface area contributed by atoms with E-state index in [1.54, 1.807) is 6.07 Å². The molecule has 3 heteroatoms. The topological polar surface area (TPSA) is 42.4 Å². The van der Waals surface area contributed by atoms with E-state index in [1.807, 2.05) is 31.2 Å². The standard InChI is InChI=1S/C15H17NO2/c1-11(2)7-8-18-15-9-12(10-17)13-5-3-4-6-14(13)16-15/h3-6,9,17H,1,7-8,10H2,2H3. The van der Waals surface area contributed by atoms with Gasteiger partial charge in [0, 0.05) is 17.9 Å². The summed E-state index contributed by atoms with van der Waals surface area (Å²) in [7, 11) is 0. The normalized spacial score (nSPS) is 10.6. The van der Waals surface area contributed by atoms with E-state index in [2.05, 4.69) is 11.6 Å². The Morgan fingerprint density at radius 2 is 2.17 bits per heavy atom. The van der Waals surface area contributed by atoms with Gasteiger partial charge in [0.25, 0.3) is 0 Å². The number of hydrogen-bond donors (Lipinski definition) is 1. The summed E-state index contributed by atoms with van der Waals surface area (Å²) in [6, 6.07) is 9.52. The van der Waals surface area contributed by atoms with Crippen LogP contribution in [0.25, 0.3) is 10.9 Å². The van der Waals surface area contributed by atoms with E-state index in [0.717, 1.165) is 28.5 Å². The van der Waals surface area contributed by atoms with Gasteiger partial charge in [-0.3, -0.25) is 0 Å². The molecule has 94 valence electrons. The molecule has 2 aromatic rings. The quantitative estimate of drug-likeness (QED) is 0.821. The third kappa shape index (κ3) is 2.87. The van der Waals surface area contributed by atoms with Gasteiger partial charge >= 0.3 is 0 Å². The first-order valence-corrected chi connectivity index (χ1v) is 5.97. The molecule has 0 spiro atoms. The molecule has 0 atom stereocenters. The van der Waals surface area contributed by atoms with Gasteiger partial charge in [-0.1, -0.05) is 23.8 Å². The number of rotatable bonds is 5. The summed E-state index contributed by atoms with van der Waals surface area (Å²) < 4.78 is 5.58. The van der Waals surface area contributed by atoms with Crippen molar-refractivity contribution >= 4 is 10.9 Å². The molecule has 1 aromatic heterocycles. The molecule has 3 nitrogen and oxygen atoms in total. The Morgan fingerprint density at radius 3 is 2.89 bits per heavy atom. The maximum atomic E-state index is 9.38. The monoisotopic (exact) mass is 243 g/mol. The summed E-state index contributed by atoms with van der Waals surface area (Å²) >= 11 is 0. The fourth-order valence-corrected chi connectivity index (χ4v) is 1.76. The van der Waals surface area contributed by atoms with Crippen molar-refractivity contribution in [2.45, 2.75) is 20.0 Å². The first-order chi connectivity index (χ1) is 8.70. The number of para-hydroxylation sites is 1. The minimum absolute atomic E-state index is 0.0140. The molecule has 1 aromatic carbocycles. The second-order valence-electron chi connectivity index (χ2n) is 4.35. The lowest BCUT2D eigenvalue weighted by Crippen LogP contribution is -2.01. The molecule has 0 aliphatic carbocycles. The zero-order valence-corrected chi connectivity index (χ0v) is 10.5. The van der Waals surface area contributed by atoms with Crippen LogP contribution in [0.2, 0.25) is 0 Å². The summed E-state index contributed by atoms with van der Waals surface area (Å²) in [6.45, 7) is 6.35. The molecule has 18 heavy (non-hydrogen) atoms. The summed E-state index contributed by atoms with van der Waals surface area (Å²) in [5, 5.41) is 10.3. The molecule has 2 rings (SSSR count). The second kappa shape index (κ2) is 5.65. The largest absolute Gasteiger partial charge is 0.477 e. The van der Waals surface area contributed by atoms with Crippen LogP contribution in [0.1, 0.15) is 18.9 Å². The van der Waals surface area contributed by atoms with Crippen molar-refractivity contribution in [3.8, 4) is 5.88 Å². The van der Waals surface area contributed by atoms with Gasteiger partial charge in [0.1, 0.15) is 0 Å². The van der Waals surface area contributed by atoms with Gasteiger partial charge in [0.15, 0.2) is 0 Å². The molecular weight excluding hydrogens is 226 g/mol. The highest BCUT2D eigenvalue weighted by Gasteiger charge is 2.05. The van der Waals surface area contributed by atoms with Gasteiger partial charge in [-0.15, -0.1) is 6.58 Å². The van der Waals surface area contributed by atoms with Crippen molar-refractivity contribution in [1.82, 2.24) is 4.98 Å². The van der Waals surface area contributed by atoms with Crippen LogP contribution in [-0.4, -0.2) is 16.7 Å². The number of aromatic nitrogens is 1. The van der Waals surface area contributed by atoms with Crippen LogP contribution in [0.4, 0.5) is 0 Å². The summed E-state index contributed by atoms with van der Waals surface area (Å²) in [5.74, 6) is 0.555. The number of aliphatic hydroxyl groups is 1. The predicted molar refractivity (Wildman–Crippen MR) is 72.6 cm³/mol. The Labute approximate surface area is 107 Å². The smallest absolute Gasteiger partial charge is 0.214 e. The van der Waals surface area contributed by atoms with Crippen molar-refractivity contribution in [2.24, 2.45) is 0 Å². The predicted octanol–water partition coefficient (Wildman–Crippen LogP) is 3.07. The van der Waals surface area contributed by atoms with E-state index in [9.17, 15) is 5.11 Å². The molecule has 0 bridgehead atoms. The molecule has 0 radical (unpaired) electrons. The fraction of sp³-hybridized carbons (Fsp3) is 0.267. The van der Waals surface area contributed by atoms with Gasteiger partial charge in [-0.25, -0.2) is 4.98 Å². The van der Waals surface area contributed by atoms with E-state index in [-0.39, 0.29) is 6.61 Å². The molecule has 0 aliphatic rings. The third-order valence-corrected chi connectivity index (χ3v) is 2.73. The van der Waals surface area contributed by atoms with Gasteiger partial charge in [0.05, 0.1) is 18.7 Å². The fourth-order valence-electron chi connectivity index (χ4n) is 1.76. The molecule has 1 N–H and O–H groups in total. The minimum atomic E-state index is -0.0140. The van der Waals surface area contributed by atoms with Crippen LogP contribution in [0.3, 0.4) is 0 Å². The van der Waals surface area contributed by atoms with Crippen LogP contribution < -0.4 is 4.74 Å². The molecule has 0 aliphatic heterocycles. The van der Waals surface area contributed by atoms with E-state index >= 15 is 0 Å². The molecule has 0 amide bonds. The van der Waals surface area contributed by atoms with Gasteiger partial charge in [-0.2, -0.15) is 0 Å².